The second kappa shape index (κ2) is 4.24. The molecule has 2 nitrogen and oxygen atoms in total. The Bertz CT molecular complexity index is 538. The van der Waals surface area contributed by atoms with Crippen molar-refractivity contribution in [2.45, 2.75) is 57.5 Å². The molecule has 0 heterocycles. The van der Waals surface area contributed by atoms with Crippen molar-refractivity contribution in [3.63, 3.8) is 0 Å². The van der Waals surface area contributed by atoms with E-state index in [-0.39, 0.29) is 11.5 Å². The van der Waals surface area contributed by atoms with Gasteiger partial charge in [0.25, 0.3) is 0 Å². The van der Waals surface area contributed by atoms with Crippen LogP contribution in [0.2, 0.25) is 0 Å². The van der Waals surface area contributed by atoms with Crippen molar-refractivity contribution in [1.29, 1.82) is 0 Å². The highest BCUT2D eigenvalue weighted by Gasteiger charge is 2.54. The van der Waals surface area contributed by atoms with Gasteiger partial charge in [0.1, 0.15) is 5.75 Å². The Kier molecular flexibility index (Phi) is 2.69. The Balaban J connectivity index is 1.73. The Morgan fingerprint density at radius 2 is 2.00 bits per heavy atom. The molecule has 1 aromatic rings. The maximum Gasteiger partial charge on any atom is 0.115 e. The SMILES string of the molecule is C[C@]12CC[C@@H]3c4cc(O)ccc4CC[C@@H]3[C@@H]1CC[C@@H]2O. The van der Waals surface area contributed by atoms with Gasteiger partial charge in [0.2, 0.25) is 0 Å². The number of benzene rings is 1. The molecule has 108 valence electrons. The minimum Gasteiger partial charge on any atom is -0.508 e. The lowest BCUT2D eigenvalue weighted by Gasteiger charge is -2.50. The number of hydrogen-bond acceptors (Lipinski definition) is 2. The molecule has 1 aromatic carbocycles. The van der Waals surface area contributed by atoms with Gasteiger partial charge in [0.15, 0.2) is 0 Å². The maximum absolute atomic E-state index is 10.4. The van der Waals surface area contributed by atoms with Crippen LogP contribution in [0.4, 0.5) is 0 Å². The Hall–Kier alpha value is -1.02. The third-order valence-corrected chi connectivity index (χ3v) is 6.66. The van der Waals surface area contributed by atoms with Gasteiger partial charge in [-0.05, 0) is 85.0 Å². The fourth-order valence-corrected chi connectivity index (χ4v) is 5.53. The van der Waals surface area contributed by atoms with Crippen molar-refractivity contribution in [3.8, 4) is 5.75 Å². The molecule has 20 heavy (non-hydrogen) atoms. The van der Waals surface area contributed by atoms with Gasteiger partial charge in [0, 0.05) is 0 Å². The number of hydrogen-bond donors (Lipinski definition) is 2. The summed E-state index contributed by atoms with van der Waals surface area (Å²) in [5.41, 5.74) is 2.98. The van der Waals surface area contributed by atoms with E-state index in [1.165, 1.54) is 30.4 Å². The minimum atomic E-state index is -0.0981. The first kappa shape index (κ1) is 12.7. The molecule has 3 aliphatic carbocycles. The fraction of sp³-hybridized carbons (Fsp3) is 0.667. The minimum absolute atomic E-state index is 0.0981. The molecule has 2 heteroatoms. The van der Waals surface area contributed by atoms with Gasteiger partial charge in [-0.3, -0.25) is 0 Å². The number of aryl methyl sites for hydroxylation is 1. The van der Waals surface area contributed by atoms with Gasteiger partial charge in [0.05, 0.1) is 6.10 Å². The number of aromatic hydroxyl groups is 1. The molecule has 0 unspecified atom stereocenters. The molecule has 0 aliphatic heterocycles. The molecular weight excluding hydrogens is 248 g/mol. The molecule has 4 rings (SSSR count). The maximum atomic E-state index is 10.4. The number of aliphatic hydroxyl groups is 1. The Labute approximate surface area is 120 Å². The zero-order chi connectivity index (χ0) is 13.9. The molecule has 0 aromatic heterocycles. The van der Waals surface area contributed by atoms with Gasteiger partial charge in [-0.2, -0.15) is 0 Å². The lowest BCUT2D eigenvalue weighted by Crippen LogP contribution is -2.43. The number of phenols is 1. The molecule has 2 fully saturated rings. The van der Waals surface area contributed by atoms with Crippen LogP contribution in [0.25, 0.3) is 0 Å². The molecule has 0 bridgehead atoms. The van der Waals surface area contributed by atoms with E-state index < -0.39 is 0 Å². The molecule has 2 N–H and O–H groups in total. The van der Waals surface area contributed by atoms with Crippen LogP contribution in [0.1, 0.15) is 56.1 Å². The fourth-order valence-electron chi connectivity index (χ4n) is 5.53. The summed E-state index contributed by atoms with van der Waals surface area (Å²) in [5, 5.41) is 20.2. The van der Waals surface area contributed by atoms with Gasteiger partial charge in [-0.15, -0.1) is 0 Å². The van der Waals surface area contributed by atoms with Crippen molar-refractivity contribution in [1.82, 2.24) is 0 Å². The first-order chi connectivity index (χ1) is 9.59. The van der Waals surface area contributed by atoms with E-state index in [2.05, 4.69) is 13.0 Å². The Morgan fingerprint density at radius 3 is 2.85 bits per heavy atom. The molecule has 3 aliphatic rings. The first-order valence-electron chi connectivity index (χ1n) is 8.09. The van der Waals surface area contributed by atoms with Crippen LogP contribution in [-0.2, 0) is 6.42 Å². The van der Waals surface area contributed by atoms with Crippen LogP contribution in [-0.4, -0.2) is 16.3 Å². The predicted molar refractivity (Wildman–Crippen MR) is 78.7 cm³/mol. The standard InChI is InChI=1S/C18H24O2/c1-18-9-8-13-14(16(18)6-7-17(18)20)5-3-11-2-4-12(19)10-15(11)13/h2,4,10,13-14,16-17,19-20H,3,5-9H2,1H3/t13-,14-,16-,17-,18-/m0/s1. The van der Waals surface area contributed by atoms with E-state index in [9.17, 15) is 10.2 Å². The van der Waals surface area contributed by atoms with E-state index in [0.29, 0.717) is 23.5 Å². The normalized spacial score (nSPS) is 42.7. The summed E-state index contributed by atoms with van der Waals surface area (Å²) in [6.07, 6.45) is 6.78. The van der Waals surface area contributed by atoms with Crippen LogP contribution in [0, 0.1) is 17.3 Å². The second-order valence-corrected chi connectivity index (χ2v) is 7.44. The predicted octanol–water partition coefficient (Wildman–Crippen LogP) is 3.61. The number of phenolic OH excluding ortho intramolecular Hbond substituents is 1. The van der Waals surface area contributed by atoms with Crippen LogP contribution in [0.5, 0.6) is 5.75 Å². The van der Waals surface area contributed by atoms with Crippen molar-refractivity contribution in [2.75, 3.05) is 0 Å². The molecule has 0 radical (unpaired) electrons. The van der Waals surface area contributed by atoms with Crippen molar-refractivity contribution < 1.29 is 10.2 Å². The van der Waals surface area contributed by atoms with Crippen LogP contribution in [0.15, 0.2) is 18.2 Å². The summed E-state index contributed by atoms with van der Waals surface area (Å²) in [6, 6.07) is 5.93. The second-order valence-electron chi connectivity index (χ2n) is 7.44. The summed E-state index contributed by atoms with van der Waals surface area (Å²) in [4.78, 5) is 0. The lowest BCUT2D eigenvalue weighted by atomic mass is 9.55. The highest BCUT2D eigenvalue weighted by Crippen LogP contribution is 2.60. The average Bonchev–Trinajstić information content (AvgIpc) is 2.74. The molecule has 5 atom stereocenters. The molecular formula is C18H24O2. The largest absolute Gasteiger partial charge is 0.508 e. The summed E-state index contributed by atoms with van der Waals surface area (Å²) in [5.74, 6) is 2.39. The van der Waals surface area contributed by atoms with Crippen LogP contribution < -0.4 is 0 Å². The van der Waals surface area contributed by atoms with E-state index in [1.54, 1.807) is 0 Å². The third-order valence-electron chi connectivity index (χ3n) is 6.66. The smallest absolute Gasteiger partial charge is 0.115 e. The van der Waals surface area contributed by atoms with Gasteiger partial charge < -0.3 is 10.2 Å². The zero-order valence-electron chi connectivity index (χ0n) is 12.2. The van der Waals surface area contributed by atoms with Gasteiger partial charge >= 0.3 is 0 Å². The lowest BCUT2D eigenvalue weighted by molar-refractivity contribution is -0.0226. The van der Waals surface area contributed by atoms with Gasteiger partial charge in [-0.25, -0.2) is 0 Å². The van der Waals surface area contributed by atoms with Crippen molar-refractivity contribution in [3.05, 3.63) is 29.3 Å². The molecule has 0 saturated heterocycles. The number of fused-ring (bicyclic) bond motifs is 5. The van der Waals surface area contributed by atoms with Crippen LogP contribution in [0.3, 0.4) is 0 Å². The Morgan fingerprint density at radius 1 is 1.15 bits per heavy atom. The number of aliphatic hydroxyl groups excluding tert-OH is 1. The molecule has 2 saturated carbocycles. The quantitative estimate of drug-likeness (QED) is 0.757. The molecule has 0 amide bonds. The third kappa shape index (κ3) is 1.60. The van der Waals surface area contributed by atoms with Crippen LogP contribution >= 0.6 is 0 Å². The highest BCUT2D eigenvalue weighted by atomic mass is 16.3. The van der Waals surface area contributed by atoms with E-state index >= 15 is 0 Å². The van der Waals surface area contributed by atoms with E-state index in [0.717, 1.165) is 19.3 Å². The monoisotopic (exact) mass is 272 g/mol. The first-order valence-corrected chi connectivity index (χ1v) is 8.09. The highest BCUT2D eigenvalue weighted by molar-refractivity contribution is 5.40. The average molecular weight is 272 g/mol. The molecule has 0 spiro atoms. The summed E-state index contributed by atoms with van der Waals surface area (Å²) in [7, 11) is 0. The summed E-state index contributed by atoms with van der Waals surface area (Å²) < 4.78 is 0. The summed E-state index contributed by atoms with van der Waals surface area (Å²) >= 11 is 0. The summed E-state index contributed by atoms with van der Waals surface area (Å²) in [6.45, 7) is 2.31. The zero-order valence-corrected chi connectivity index (χ0v) is 12.2. The van der Waals surface area contributed by atoms with E-state index in [4.69, 9.17) is 0 Å². The van der Waals surface area contributed by atoms with Crippen molar-refractivity contribution >= 4 is 0 Å². The van der Waals surface area contributed by atoms with E-state index in [1.807, 2.05) is 12.1 Å². The topological polar surface area (TPSA) is 40.5 Å². The number of rotatable bonds is 0. The van der Waals surface area contributed by atoms with Gasteiger partial charge in [-0.1, -0.05) is 13.0 Å². The van der Waals surface area contributed by atoms with Crippen molar-refractivity contribution in [2.24, 2.45) is 17.3 Å².